The van der Waals surface area contributed by atoms with Crippen molar-refractivity contribution < 1.29 is 4.79 Å². The van der Waals surface area contributed by atoms with Gasteiger partial charge in [-0.1, -0.05) is 26.0 Å². The van der Waals surface area contributed by atoms with E-state index in [1.54, 1.807) is 6.33 Å². The first-order valence-electron chi connectivity index (χ1n) is 7.50. The molecule has 1 heterocycles. The zero-order valence-electron chi connectivity index (χ0n) is 13.3. The van der Waals surface area contributed by atoms with Gasteiger partial charge in [-0.25, -0.2) is 9.97 Å². The summed E-state index contributed by atoms with van der Waals surface area (Å²) < 4.78 is 0. The Kier molecular flexibility index (Phi) is 5.47. The Hall–Kier alpha value is -2.43. The van der Waals surface area contributed by atoms with Crippen molar-refractivity contribution in [2.75, 3.05) is 10.6 Å². The van der Waals surface area contributed by atoms with E-state index >= 15 is 0 Å². The average Bonchev–Trinajstić information content (AvgIpc) is 2.52. The molecule has 2 aromatic rings. The largest absolute Gasteiger partial charge is 0.366 e. The minimum Gasteiger partial charge on any atom is -0.366 e. The highest BCUT2D eigenvalue weighted by atomic mass is 16.1. The fourth-order valence-corrected chi connectivity index (χ4v) is 1.95. The molecule has 0 saturated heterocycles. The molecule has 1 aromatic carbocycles. The molecule has 1 aromatic heterocycles. The smallest absolute Gasteiger partial charge is 0.227 e. The van der Waals surface area contributed by atoms with Crippen LogP contribution in [0.1, 0.15) is 31.5 Å². The van der Waals surface area contributed by atoms with Gasteiger partial charge in [-0.3, -0.25) is 4.79 Å². The lowest BCUT2D eigenvalue weighted by molar-refractivity contribution is -0.119. The molecule has 0 aliphatic rings. The number of amides is 1. The summed E-state index contributed by atoms with van der Waals surface area (Å²) in [5.41, 5.74) is 2.83. The maximum Gasteiger partial charge on any atom is 0.227 e. The first-order valence-corrected chi connectivity index (χ1v) is 7.50. The molecular weight excluding hydrogens is 276 g/mol. The van der Waals surface area contributed by atoms with Gasteiger partial charge in [-0.2, -0.15) is 0 Å². The Morgan fingerprint density at radius 3 is 2.82 bits per heavy atom. The van der Waals surface area contributed by atoms with Crippen LogP contribution in [0.2, 0.25) is 0 Å². The van der Waals surface area contributed by atoms with Crippen LogP contribution in [-0.2, 0) is 11.3 Å². The van der Waals surface area contributed by atoms with Gasteiger partial charge < -0.3 is 10.6 Å². The molecular formula is C17H22N4O. The van der Waals surface area contributed by atoms with E-state index in [0.29, 0.717) is 6.54 Å². The minimum absolute atomic E-state index is 0.0192. The predicted molar refractivity (Wildman–Crippen MR) is 88.6 cm³/mol. The molecule has 0 fully saturated rings. The van der Waals surface area contributed by atoms with Crippen molar-refractivity contribution in [3.8, 4) is 0 Å². The SMILES string of the molecule is CCC(C)C(=O)Nc1cccc(CNc2cc(C)ncn2)c1. The van der Waals surface area contributed by atoms with Crippen LogP contribution in [0.25, 0.3) is 0 Å². The van der Waals surface area contributed by atoms with Gasteiger partial charge in [0, 0.05) is 29.9 Å². The number of anilines is 2. The Bertz CT molecular complexity index is 642. The Labute approximate surface area is 131 Å². The second kappa shape index (κ2) is 7.54. The molecule has 5 heteroatoms. The highest BCUT2D eigenvalue weighted by Gasteiger charge is 2.10. The molecule has 2 rings (SSSR count). The molecule has 1 unspecified atom stereocenters. The summed E-state index contributed by atoms with van der Waals surface area (Å²) in [5, 5.41) is 6.20. The third kappa shape index (κ3) is 4.55. The minimum atomic E-state index is 0.0192. The predicted octanol–water partition coefficient (Wildman–Crippen LogP) is 3.38. The first-order chi connectivity index (χ1) is 10.6. The summed E-state index contributed by atoms with van der Waals surface area (Å²) in [6.45, 7) is 6.51. The van der Waals surface area contributed by atoms with Crippen LogP contribution in [0.15, 0.2) is 36.7 Å². The van der Waals surface area contributed by atoms with Crippen LogP contribution in [0.5, 0.6) is 0 Å². The Morgan fingerprint density at radius 2 is 2.09 bits per heavy atom. The van der Waals surface area contributed by atoms with Crippen LogP contribution in [0, 0.1) is 12.8 Å². The number of aromatic nitrogens is 2. The number of hydrogen-bond donors (Lipinski definition) is 2. The van der Waals surface area contributed by atoms with E-state index in [4.69, 9.17) is 0 Å². The van der Waals surface area contributed by atoms with Crippen LogP contribution in [0.3, 0.4) is 0 Å². The third-order valence-electron chi connectivity index (χ3n) is 3.53. The quantitative estimate of drug-likeness (QED) is 0.858. The van der Waals surface area contributed by atoms with Gasteiger partial charge >= 0.3 is 0 Å². The summed E-state index contributed by atoms with van der Waals surface area (Å²) in [6.07, 6.45) is 2.38. The third-order valence-corrected chi connectivity index (χ3v) is 3.53. The molecule has 0 aliphatic heterocycles. The molecule has 116 valence electrons. The van der Waals surface area contributed by atoms with E-state index in [1.807, 2.05) is 51.1 Å². The molecule has 2 N–H and O–H groups in total. The molecule has 1 amide bonds. The van der Waals surface area contributed by atoms with Crippen molar-refractivity contribution in [3.05, 3.63) is 47.9 Å². The normalized spacial score (nSPS) is 11.8. The van der Waals surface area contributed by atoms with Crippen molar-refractivity contribution in [1.29, 1.82) is 0 Å². The highest BCUT2D eigenvalue weighted by molar-refractivity contribution is 5.92. The molecule has 1 atom stereocenters. The molecule has 0 saturated carbocycles. The van der Waals surface area contributed by atoms with Crippen molar-refractivity contribution in [1.82, 2.24) is 9.97 Å². The fourth-order valence-electron chi connectivity index (χ4n) is 1.95. The van der Waals surface area contributed by atoms with Gasteiger partial charge in [-0.15, -0.1) is 0 Å². The number of aryl methyl sites for hydroxylation is 1. The van der Waals surface area contributed by atoms with Crippen molar-refractivity contribution in [2.45, 2.75) is 33.7 Å². The van der Waals surface area contributed by atoms with Crippen LogP contribution >= 0.6 is 0 Å². The van der Waals surface area contributed by atoms with Crippen molar-refractivity contribution in [2.24, 2.45) is 5.92 Å². The lowest BCUT2D eigenvalue weighted by Crippen LogP contribution is -2.19. The van der Waals surface area contributed by atoms with Gasteiger partial charge in [0.05, 0.1) is 0 Å². The summed E-state index contributed by atoms with van der Waals surface area (Å²) in [5.74, 6) is 0.867. The van der Waals surface area contributed by atoms with Gasteiger partial charge in [0.15, 0.2) is 0 Å². The Balaban J connectivity index is 1.98. The molecule has 0 bridgehead atoms. The summed E-state index contributed by atoms with van der Waals surface area (Å²) in [6, 6.07) is 9.73. The number of nitrogens with one attached hydrogen (secondary N) is 2. The first kappa shape index (κ1) is 15.9. The molecule has 5 nitrogen and oxygen atoms in total. The summed E-state index contributed by atoms with van der Waals surface area (Å²) >= 11 is 0. The van der Waals surface area contributed by atoms with E-state index in [9.17, 15) is 4.79 Å². The van der Waals surface area contributed by atoms with Gasteiger partial charge in [0.25, 0.3) is 0 Å². The summed E-state index contributed by atoms with van der Waals surface area (Å²) in [7, 11) is 0. The van der Waals surface area contributed by atoms with Crippen LogP contribution < -0.4 is 10.6 Å². The monoisotopic (exact) mass is 298 g/mol. The zero-order valence-corrected chi connectivity index (χ0v) is 13.3. The molecule has 0 aliphatic carbocycles. The van der Waals surface area contributed by atoms with Crippen LogP contribution in [-0.4, -0.2) is 15.9 Å². The summed E-state index contributed by atoms with van der Waals surface area (Å²) in [4.78, 5) is 20.2. The second-order valence-corrected chi connectivity index (χ2v) is 5.40. The van der Waals surface area contributed by atoms with Crippen LogP contribution in [0.4, 0.5) is 11.5 Å². The molecule has 0 radical (unpaired) electrons. The zero-order chi connectivity index (χ0) is 15.9. The topological polar surface area (TPSA) is 66.9 Å². The van der Waals surface area contributed by atoms with E-state index in [2.05, 4.69) is 20.6 Å². The Morgan fingerprint density at radius 1 is 1.27 bits per heavy atom. The van der Waals surface area contributed by atoms with E-state index in [1.165, 1.54) is 0 Å². The average molecular weight is 298 g/mol. The van der Waals surface area contributed by atoms with E-state index in [0.717, 1.165) is 29.2 Å². The number of carbonyl (C=O) groups excluding carboxylic acids is 1. The number of rotatable bonds is 6. The lowest BCUT2D eigenvalue weighted by atomic mass is 10.1. The number of benzene rings is 1. The molecule has 22 heavy (non-hydrogen) atoms. The van der Waals surface area contributed by atoms with Gasteiger partial charge in [-0.05, 0) is 31.0 Å². The molecule has 0 spiro atoms. The van der Waals surface area contributed by atoms with Crippen molar-refractivity contribution >= 4 is 17.4 Å². The fraction of sp³-hybridized carbons (Fsp3) is 0.353. The number of carbonyl (C=O) groups is 1. The number of hydrogen-bond acceptors (Lipinski definition) is 4. The number of nitrogens with zero attached hydrogens (tertiary/aromatic N) is 2. The standard InChI is InChI=1S/C17H22N4O/c1-4-12(2)17(22)21-15-7-5-6-14(9-15)10-18-16-8-13(3)19-11-20-16/h5-9,11-12H,4,10H2,1-3H3,(H,21,22)(H,18,19,20). The van der Waals surface area contributed by atoms with Crippen molar-refractivity contribution in [3.63, 3.8) is 0 Å². The van der Waals surface area contributed by atoms with E-state index in [-0.39, 0.29) is 11.8 Å². The van der Waals surface area contributed by atoms with Gasteiger partial charge in [0.1, 0.15) is 12.1 Å². The van der Waals surface area contributed by atoms with Gasteiger partial charge in [0.2, 0.25) is 5.91 Å². The maximum atomic E-state index is 11.9. The second-order valence-electron chi connectivity index (χ2n) is 5.40. The highest BCUT2D eigenvalue weighted by Crippen LogP contribution is 2.14. The van der Waals surface area contributed by atoms with E-state index < -0.39 is 0 Å². The maximum absolute atomic E-state index is 11.9. The lowest BCUT2D eigenvalue weighted by Gasteiger charge is -2.11.